The van der Waals surface area contributed by atoms with E-state index in [4.69, 9.17) is 4.74 Å². The van der Waals surface area contributed by atoms with Crippen LogP contribution in [0.5, 0.6) is 0 Å². The van der Waals surface area contributed by atoms with Gasteiger partial charge in [-0.05, 0) is 37.5 Å². The van der Waals surface area contributed by atoms with E-state index >= 15 is 0 Å². The van der Waals surface area contributed by atoms with Gasteiger partial charge in [0.05, 0.1) is 12.2 Å². The second kappa shape index (κ2) is 6.75. The Morgan fingerprint density at radius 2 is 1.82 bits per heavy atom. The lowest BCUT2D eigenvalue weighted by molar-refractivity contribution is -0.0460. The zero-order valence-electron chi connectivity index (χ0n) is 12.4. The fraction of sp³-hybridized carbons (Fsp3) is 1.00. The molecule has 0 heterocycles. The van der Waals surface area contributed by atoms with E-state index in [1.807, 2.05) is 0 Å². The topological polar surface area (TPSA) is 21.3 Å². The summed E-state index contributed by atoms with van der Waals surface area (Å²) in [4.78, 5) is 0. The Kier molecular flexibility index (Phi) is 5.94. The Labute approximate surface area is 108 Å². The largest absolute Gasteiger partial charge is 0.374 e. The SMILES string of the molecule is CCC(CNC(C)C)OC1CCC(C)(C)CC1. The van der Waals surface area contributed by atoms with Crippen molar-refractivity contribution in [1.82, 2.24) is 5.32 Å². The summed E-state index contributed by atoms with van der Waals surface area (Å²) in [6.45, 7) is 12.3. The molecule has 0 radical (unpaired) electrons. The molecule has 0 aromatic rings. The van der Waals surface area contributed by atoms with Crippen molar-refractivity contribution >= 4 is 0 Å². The second-order valence-electron chi connectivity index (χ2n) is 6.59. The molecule has 0 amide bonds. The lowest BCUT2D eigenvalue weighted by Crippen LogP contribution is -2.37. The van der Waals surface area contributed by atoms with E-state index in [0.717, 1.165) is 13.0 Å². The lowest BCUT2D eigenvalue weighted by Gasteiger charge is -2.36. The van der Waals surface area contributed by atoms with Crippen LogP contribution in [0.25, 0.3) is 0 Å². The van der Waals surface area contributed by atoms with Crippen molar-refractivity contribution in [1.29, 1.82) is 0 Å². The zero-order valence-corrected chi connectivity index (χ0v) is 12.4. The van der Waals surface area contributed by atoms with Gasteiger partial charge in [0.1, 0.15) is 0 Å². The van der Waals surface area contributed by atoms with Crippen LogP contribution in [0.2, 0.25) is 0 Å². The zero-order chi connectivity index (χ0) is 12.9. The molecule has 102 valence electrons. The Balaban J connectivity index is 2.27. The van der Waals surface area contributed by atoms with Crippen LogP contribution in [0, 0.1) is 5.41 Å². The van der Waals surface area contributed by atoms with Gasteiger partial charge in [-0.3, -0.25) is 0 Å². The maximum absolute atomic E-state index is 6.22. The van der Waals surface area contributed by atoms with E-state index < -0.39 is 0 Å². The highest BCUT2D eigenvalue weighted by Crippen LogP contribution is 2.36. The Bertz CT molecular complexity index is 200. The van der Waals surface area contributed by atoms with Gasteiger partial charge in [0.25, 0.3) is 0 Å². The van der Waals surface area contributed by atoms with Crippen LogP contribution in [-0.2, 0) is 4.74 Å². The molecule has 0 saturated heterocycles. The fourth-order valence-electron chi connectivity index (χ4n) is 2.44. The van der Waals surface area contributed by atoms with Crippen molar-refractivity contribution in [3.05, 3.63) is 0 Å². The van der Waals surface area contributed by atoms with Crippen molar-refractivity contribution in [3.8, 4) is 0 Å². The third kappa shape index (κ3) is 5.87. The van der Waals surface area contributed by atoms with Crippen molar-refractivity contribution in [3.63, 3.8) is 0 Å². The number of hydrogen-bond acceptors (Lipinski definition) is 2. The molecule has 0 bridgehead atoms. The molecule has 0 spiro atoms. The van der Waals surface area contributed by atoms with Crippen LogP contribution >= 0.6 is 0 Å². The van der Waals surface area contributed by atoms with E-state index in [-0.39, 0.29) is 0 Å². The molecular formula is C15H31NO. The van der Waals surface area contributed by atoms with Gasteiger partial charge in [0, 0.05) is 12.6 Å². The van der Waals surface area contributed by atoms with Crippen molar-refractivity contribution in [2.45, 2.75) is 85.0 Å². The predicted octanol–water partition coefficient (Wildman–Crippen LogP) is 3.75. The molecule has 2 heteroatoms. The number of hydrogen-bond donors (Lipinski definition) is 1. The van der Waals surface area contributed by atoms with Crippen LogP contribution in [0.4, 0.5) is 0 Å². The molecule has 17 heavy (non-hydrogen) atoms. The van der Waals surface area contributed by atoms with Gasteiger partial charge in [0.15, 0.2) is 0 Å². The minimum Gasteiger partial charge on any atom is -0.374 e. The maximum atomic E-state index is 6.22. The maximum Gasteiger partial charge on any atom is 0.0700 e. The van der Waals surface area contributed by atoms with Gasteiger partial charge in [-0.1, -0.05) is 34.6 Å². The summed E-state index contributed by atoms with van der Waals surface area (Å²) >= 11 is 0. The molecule has 1 N–H and O–H groups in total. The Hall–Kier alpha value is -0.0800. The predicted molar refractivity (Wildman–Crippen MR) is 74.3 cm³/mol. The van der Waals surface area contributed by atoms with E-state index in [9.17, 15) is 0 Å². The minimum atomic E-state index is 0.392. The van der Waals surface area contributed by atoms with Crippen molar-refractivity contribution < 1.29 is 4.74 Å². The van der Waals surface area contributed by atoms with Crippen molar-refractivity contribution in [2.75, 3.05) is 6.54 Å². The van der Waals surface area contributed by atoms with Crippen LogP contribution in [0.15, 0.2) is 0 Å². The van der Waals surface area contributed by atoms with Gasteiger partial charge in [-0.25, -0.2) is 0 Å². The summed E-state index contributed by atoms with van der Waals surface area (Å²) in [5.41, 5.74) is 0.539. The summed E-state index contributed by atoms with van der Waals surface area (Å²) in [6, 6.07) is 0.554. The first-order valence-corrected chi connectivity index (χ1v) is 7.32. The second-order valence-corrected chi connectivity index (χ2v) is 6.59. The molecule has 1 aliphatic rings. The molecule has 0 aromatic carbocycles. The summed E-state index contributed by atoms with van der Waals surface area (Å²) in [5, 5.41) is 3.48. The van der Waals surface area contributed by atoms with Gasteiger partial charge in [-0.15, -0.1) is 0 Å². The van der Waals surface area contributed by atoms with Crippen LogP contribution in [-0.4, -0.2) is 24.8 Å². The third-order valence-corrected chi connectivity index (χ3v) is 3.88. The lowest BCUT2D eigenvalue weighted by atomic mass is 9.76. The summed E-state index contributed by atoms with van der Waals surface area (Å²) in [7, 11) is 0. The van der Waals surface area contributed by atoms with Crippen LogP contribution < -0.4 is 5.32 Å². The van der Waals surface area contributed by atoms with E-state index in [1.165, 1.54) is 25.7 Å². The van der Waals surface area contributed by atoms with Crippen LogP contribution in [0.1, 0.15) is 66.7 Å². The molecule has 0 aliphatic heterocycles. The molecule has 0 aromatic heterocycles. The first kappa shape index (κ1) is 15.0. The summed E-state index contributed by atoms with van der Waals surface area (Å²) in [6.07, 6.45) is 7.11. The molecule has 1 fully saturated rings. The summed E-state index contributed by atoms with van der Waals surface area (Å²) in [5.74, 6) is 0. The van der Waals surface area contributed by atoms with Gasteiger partial charge < -0.3 is 10.1 Å². The van der Waals surface area contributed by atoms with Crippen LogP contribution in [0.3, 0.4) is 0 Å². The molecule has 2 nitrogen and oxygen atoms in total. The molecule has 1 atom stereocenters. The highest BCUT2D eigenvalue weighted by atomic mass is 16.5. The molecule has 1 unspecified atom stereocenters. The first-order valence-electron chi connectivity index (χ1n) is 7.32. The highest BCUT2D eigenvalue weighted by Gasteiger charge is 2.28. The first-order chi connectivity index (χ1) is 7.93. The van der Waals surface area contributed by atoms with E-state index in [1.54, 1.807) is 0 Å². The smallest absolute Gasteiger partial charge is 0.0700 e. The molecular weight excluding hydrogens is 210 g/mol. The minimum absolute atomic E-state index is 0.392. The average molecular weight is 241 g/mol. The average Bonchev–Trinajstić information content (AvgIpc) is 2.26. The number of ether oxygens (including phenoxy) is 1. The van der Waals surface area contributed by atoms with Gasteiger partial charge in [0.2, 0.25) is 0 Å². The Morgan fingerprint density at radius 3 is 2.29 bits per heavy atom. The number of rotatable bonds is 6. The number of nitrogens with one attached hydrogen (secondary N) is 1. The van der Waals surface area contributed by atoms with E-state index in [2.05, 4.69) is 39.9 Å². The highest BCUT2D eigenvalue weighted by molar-refractivity contribution is 4.80. The quantitative estimate of drug-likeness (QED) is 0.764. The van der Waals surface area contributed by atoms with E-state index in [0.29, 0.717) is 23.7 Å². The molecule has 1 aliphatic carbocycles. The van der Waals surface area contributed by atoms with Gasteiger partial charge >= 0.3 is 0 Å². The summed E-state index contributed by atoms with van der Waals surface area (Å²) < 4.78 is 6.22. The third-order valence-electron chi connectivity index (χ3n) is 3.88. The van der Waals surface area contributed by atoms with Crippen molar-refractivity contribution in [2.24, 2.45) is 5.41 Å². The standard InChI is InChI=1S/C15H31NO/c1-6-13(11-16-12(2)3)17-14-7-9-15(4,5)10-8-14/h12-14,16H,6-11H2,1-5H3. The molecule has 1 saturated carbocycles. The normalized spacial score (nSPS) is 22.9. The fourth-order valence-corrected chi connectivity index (χ4v) is 2.44. The molecule has 1 rings (SSSR count). The Morgan fingerprint density at radius 1 is 1.24 bits per heavy atom. The monoisotopic (exact) mass is 241 g/mol. The van der Waals surface area contributed by atoms with Gasteiger partial charge in [-0.2, -0.15) is 0 Å².